The van der Waals surface area contributed by atoms with Crippen LogP contribution in [0.4, 0.5) is 5.82 Å². The predicted octanol–water partition coefficient (Wildman–Crippen LogP) is 1.63. The van der Waals surface area contributed by atoms with Gasteiger partial charge in [-0.2, -0.15) is 0 Å². The van der Waals surface area contributed by atoms with Crippen LogP contribution in [0, 0.1) is 5.92 Å². The second-order valence-corrected chi connectivity index (χ2v) is 8.12. The highest BCUT2D eigenvalue weighted by Gasteiger charge is 2.28. The van der Waals surface area contributed by atoms with Gasteiger partial charge in [-0.1, -0.05) is 18.2 Å². The van der Waals surface area contributed by atoms with Gasteiger partial charge in [-0.15, -0.1) is 0 Å². The quantitative estimate of drug-likeness (QED) is 0.278. The van der Waals surface area contributed by atoms with Gasteiger partial charge in [-0.25, -0.2) is 4.98 Å². The summed E-state index contributed by atoms with van der Waals surface area (Å²) in [5.74, 6) is -0.132. The molecule has 0 saturated heterocycles. The fraction of sp³-hybridized carbons (Fsp3) is 0.385. The number of carbonyl (C=O) groups is 3. The van der Waals surface area contributed by atoms with Gasteiger partial charge in [-0.05, 0) is 60.8 Å². The number of nitrogens with one attached hydrogen (secondary N) is 3. The smallest absolute Gasteiger partial charge is 0.251 e. The third-order valence-electron chi connectivity index (χ3n) is 5.55. The van der Waals surface area contributed by atoms with E-state index in [1.54, 1.807) is 24.4 Å². The summed E-state index contributed by atoms with van der Waals surface area (Å²) in [5, 5.41) is 8.42. The van der Waals surface area contributed by atoms with Crippen LogP contribution in [0.3, 0.4) is 0 Å². The third-order valence-corrected chi connectivity index (χ3v) is 5.55. The highest BCUT2D eigenvalue weighted by molar-refractivity contribution is 5.96. The zero-order valence-electron chi connectivity index (χ0n) is 19.9. The van der Waals surface area contributed by atoms with E-state index in [4.69, 9.17) is 9.47 Å². The van der Waals surface area contributed by atoms with Crippen molar-refractivity contribution in [3.8, 4) is 0 Å². The Kier molecular flexibility index (Phi) is 10.6. The van der Waals surface area contributed by atoms with Gasteiger partial charge in [0.25, 0.3) is 5.91 Å². The SMILES string of the molecule is CNCCOCCOC/C=C/c1ccc(NC(=O)C2Cc3ccc(C(=O)NCC=O)cc3C2)nc1. The van der Waals surface area contributed by atoms with E-state index in [0.29, 0.717) is 56.9 Å². The first-order valence-electron chi connectivity index (χ1n) is 11.7. The predicted molar refractivity (Wildman–Crippen MR) is 133 cm³/mol. The van der Waals surface area contributed by atoms with Crippen LogP contribution < -0.4 is 16.0 Å². The number of hydrogen-bond acceptors (Lipinski definition) is 7. The number of rotatable bonds is 14. The fourth-order valence-corrected chi connectivity index (χ4v) is 3.72. The molecule has 9 nitrogen and oxygen atoms in total. The van der Waals surface area contributed by atoms with Crippen LogP contribution in [-0.4, -0.2) is 69.6 Å². The number of fused-ring (bicyclic) bond motifs is 1. The fourth-order valence-electron chi connectivity index (χ4n) is 3.72. The molecule has 0 aliphatic heterocycles. The molecule has 2 aromatic rings. The summed E-state index contributed by atoms with van der Waals surface area (Å²) in [5.41, 5.74) is 3.42. The van der Waals surface area contributed by atoms with Crippen LogP contribution in [0.15, 0.2) is 42.6 Å². The number of aromatic nitrogens is 1. The molecule has 1 aliphatic carbocycles. The molecule has 186 valence electrons. The molecule has 3 N–H and O–H groups in total. The average molecular weight is 481 g/mol. The first kappa shape index (κ1) is 26.2. The number of hydrogen-bond donors (Lipinski definition) is 3. The standard InChI is InChI=1S/C26H32N4O5/c1-27-9-12-35-14-13-34-11-2-3-19-4-7-24(29-18-19)30-26(33)23-15-20-5-6-21(16-22(20)17-23)25(32)28-8-10-31/h2-7,10,16,18,23,27H,8-9,11-15,17H2,1H3,(H,28,32)(H,29,30,33)/b3-2+. The van der Waals surface area contributed by atoms with Crippen LogP contribution in [0.25, 0.3) is 6.08 Å². The molecular weight excluding hydrogens is 448 g/mol. The van der Waals surface area contributed by atoms with Gasteiger partial charge in [0.1, 0.15) is 12.1 Å². The molecule has 35 heavy (non-hydrogen) atoms. The maximum Gasteiger partial charge on any atom is 0.251 e. The van der Waals surface area contributed by atoms with Gasteiger partial charge >= 0.3 is 0 Å². The molecule has 1 aliphatic rings. The van der Waals surface area contributed by atoms with Crippen LogP contribution >= 0.6 is 0 Å². The number of benzene rings is 1. The average Bonchev–Trinajstić information content (AvgIpc) is 3.31. The molecule has 0 fully saturated rings. The summed E-state index contributed by atoms with van der Waals surface area (Å²) >= 11 is 0. The van der Waals surface area contributed by atoms with E-state index in [1.807, 2.05) is 31.3 Å². The molecule has 0 spiro atoms. The van der Waals surface area contributed by atoms with Crippen molar-refractivity contribution in [3.63, 3.8) is 0 Å². The molecule has 9 heteroatoms. The van der Waals surface area contributed by atoms with Crippen molar-refractivity contribution in [2.45, 2.75) is 12.8 Å². The Bertz CT molecular complexity index is 1020. The van der Waals surface area contributed by atoms with Crippen LogP contribution in [-0.2, 0) is 31.9 Å². The van der Waals surface area contributed by atoms with Crippen LogP contribution in [0.2, 0.25) is 0 Å². The highest BCUT2D eigenvalue weighted by Crippen LogP contribution is 2.28. The largest absolute Gasteiger partial charge is 0.378 e. The van der Waals surface area contributed by atoms with E-state index in [2.05, 4.69) is 20.9 Å². The number of pyridine rings is 1. The van der Waals surface area contributed by atoms with Crippen molar-refractivity contribution in [1.29, 1.82) is 0 Å². The summed E-state index contributed by atoms with van der Waals surface area (Å²) in [7, 11) is 1.88. The van der Waals surface area contributed by atoms with E-state index in [1.165, 1.54) is 0 Å². The first-order valence-corrected chi connectivity index (χ1v) is 11.7. The van der Waals surface area contributed by atoms with Gasteiger partial charge in [0.05, 0.1) is 33.0 Å². The number of likely N-dealkylation sites (N-methyl/N-ethyl adjacent to an activating group) is 1. The van der Waals surface area contributed by atoms with E-state index < -0.39 is 0 Å². The topological polar surface area (TPSA) is 119 Å². The molecule has 1 heterocycles. The van der Waals surface area contributed by atoms with Crippen molar-refractivity contribution in [2.24, 2.45) is 5.92 Å². The Hall–Kier alpha value is -3.40. The number of amides is 2. The van der Waals surface area contributed by atoms with E-state index >= 15 is 0 Å². The lowest BCUT2D eigenvalue weighted by atomic mass is 10.1. The van der Waals surface area contributed by atoms with Gasteiger partial charge < -0.3 is 30.2 Å². The lowest BCUT2D eigenvalue weighted by molar-refractivity contribution is -0.119. The number of ether oxygens (including phenoxy) is 2. The van der Waals surface area contributed by atoms with E-state index in [-0.39, 0.29) is 24.3 Å². The Morgan fingerprint density at radius 2 is 1.91 bits per heavy atom. The molecule has 1 aromatic heterocycles. The number of carbonyl (C=O) groups excluding carboxylic acids is 3. The third kappa shape index (κ3) is 8.40. The minimum absolute atomic E-state index is 0.0246. The van der Waals surface area contributed by atoms with E-state index in [9.17, 15) is 14.4 Å². The molecule has 1 aromatic carbocycles. The van der Waals surface area contributed by atoms with Gasteiger partial charge in [0, 0.05) is 24.2 Å². The molecular formula is C26H32N4O5. The van der Waals surface area contributed by atoms with Crippen molar-refractivity contribution >= 4 is 30.0 Å². The van der Waals surface area contributed by atoms with Crippen molar-refractivity contribution in [1.82, 2.24) is 15.6 Å². The lowest BCUT2D eigenvalue weighted by Gasteiger charge is -2.10. The van der Waals surface area contributed by atoms with Gasteiger partial charge in [-0.3, -0.25) is 9.59 Å². The molecule has 3 rings (SSSR count). The molecule has 2 amide bonds. The Morgan fingerprint density at radius 1 is 1.09 bits per heavy atom. The molecule has 0 bridgehead atoms. The normalized spacial score (nSPS) is 14.6. The number of nitrogens with zero attached hydrogens (tertiary/aromatic N) is 1. The molecule has 1 unspecified atom stereocenters. The van der Waals surface area contributed by atoms with Crippen molar-refractivity contribution in [2.75, 3.05) is 51.9 Å². The Labute approximate surface area is 205 Å². The summed E-state index contributed by atoms with van der Waals surface area (Å²) in [6.07, 6.45) is 7.32. The summed E-state index contributed by atoms with van der Waals surface area (Å²) < 4.78 is 10.9. The van der Waals surface area contributed by atoms with E-state index in [0.717, 1.165) is 23.2 Å². The zero-order valence-corrected chi connectivity index (χ0v) is 19.9. The monoisotopic (exact) mass is 480 g/mol. The van der Waals surface area contributed by atoms with Crippen molar-refractivity contribution in [3.05, 3.63) is 64.9 Å². The maximum atomic E-state index is 12.8. The van der Waals surface area contributed by atoms with Crippen LogP contribution in [0.5, 0.6) is 0 Å². The number of anilines is 1. The Morgan fingerprint density at radius 3 is 2.69 bits per heavy atom. The summed E-state index contributed by atoms with van der Waals surface area (Å²) in [4.78, 5) is 39.6. The van der Waals surface area contributed by atoms with Gasteiger partial charge in [0.2, 0.25) is 5.91 Å². The first-order chi connectivity index (χ1) is 17.1. The number of aldehydes is 1. The van der Waals surface area contributed by atoms with Crippen molar-refractivity contribution < 1.29 is 23.9 Å². The second kappa shape index (κ2) is 14.1. The van der Waals surface area contributed by atoms with Crippen LogP contribution in [0.1, 0.15) is 27.0 Å². The maximum absolute atomic E-state index is 12.8. The summed E-state index contributed by atoms with van der Waals surface area (Å²) in [6.45, 7) is 3.05. The van der Waals surface area contributed by atoms with Gasteiger partial charge in [0.15, 0.2) is 0 Å². The lowest BCUT2D eigenvalue weighted by Crippen LogP contribution is -2.25. The molecule has 0 radical (unpaired) electrons. The molecule has 0 saturated carbocycles. The minimum atomic E-state index is -0.299. The summed E-state index contributed by atoms with van der Waals surface area (Å²) in [6, 6.07) is 9.04. The second-order valence-electron chi connectivity index (χ2n) is 8.12. The zero-order chi connectivity index (χ0) is 24.9. The minimum Gasteiger partial charge on any atom is -0.378 e. The molecule has 1 atom stereocenters. The highest BCUT2D eigenvalue weighted by atomic mass is 16.5. The Balaban J connectivity index is 1.42.